The Bertz CT molecular complexity index is 1240. The molecule has 34 heavy (non-hydrogen) atoms. The van der Waals surface area contributed by atoms with Crippen molar-refractivity contribution in [2.24, 2.45) is 0 Å². The highest BCUT2D eigenvalue weighted by atomic mass is 16.5. The van der Waals surface area contributed by atoms with E-state index in [2.05, 4.69) is 6.07 Å². The molecular weight excluding hydrogens is 434 g/mol. The number of benzene rings is 2. The summed E-state index contributed by atoms with van der Waals surface area (Å²) < 4.78 is 13.9. The number of likely N-dealkylation sites (tertiary alicyclic amines) is 1. The number of fused-ring (bicyclic) bond motifs is 4. The summed E-state index contributed by atoms with van der Waals surface area (Å²) in [4.78, 5) is 14.9. The molecule has 5 rings (SSSR count). The van der Waals surface area contributed by atoms with E-state index in [4.69, 9.17) is 14.6 Å². The molecule has 8 heteroatoms. The number of ether oxygens (including phenoxy) is 2. The van der Waals surface area contributed by atoms with Gasteiger partial charge in [0.1, 0.15) is 36.0 Å². The molecule has 0 radical (unpaired) electrons. The summed E-state index contributed by atoms with van der Waals surface area (Å²) >= 11 is 0. The van der Waals surface area contributed by atoms with Gasteiger partial charge >= 0.3 is 0 Å². The van der Waals surface area contributed by atoms with Crippen LogP contribution in [0.4, 0.5) is 0 Å². The van der Waals surface area contributed by atoms with Crippen LogP contribution in [0.15, 0.2) is 60.7 Å². The molecule has 2 aliphatic rings. The van der Waals surface area contributed by atoms with Crippen molar-refractivity contribution in [3.63, 3.8) is 0 Å². The second-order valence-corrected chi connectivity index (χ2v) is 8.58. The third kappa shape index (κ3) is 3.79. The molecule has 1 fully saturated rings. The fraction of sp³-hybridized carbons (Fsp3) is 0.308. The van der Waals surface area contributed by atoms with Crippen molar-refractivity contribution in [2.75, 3.05) is 26.3 Å². The van der Waals surface area contributed by atoms with E-state index in [0.717, 1.165) is 17.1 Å². The number of piperidine rings is 1. The highest BCUT2D eigenvalue weighted by Crippen LogP contribution is 2.45. The molecule has 3 aromatic rings. The van der Waals surface area contributed by atoms with Crippen LogP contribution < -0.4 is 9.47 Å². The summed E-state index contributed by atoms with van der Waals surface area (Å²) in [7, 11) is 0. The lowest BCUT2D eigenvalue weighted by atomic mass is 9.86. The van der Waals surface area contributed by atoms with E-state index in [1.165, 1.54) is 0 Å². The number of nitriles is 1. The number of aliphatic hydroxyl groups is 2. The first-order valence-electron chi connectivity index (χ1n) is 11.3. The van der Waals surface area contributed by atoms with E-state index in [1.807, 2.05) is 45.9 Å². The first kappa shape index (κ1) is 22.0. The number of aliphatic hydroxyl groups excluding tert-OH is 2. The Kier molecular flexibility index (Phi) is 5.74. The monoisotopic (exact) mass is 459 g/mol. The maximum Gasteiger partial charge on any atom is 0.253 e. The third-order valence-corrected chi connectivity index (χ3v) is 6.49. The number of hydrogen-bond donors (Lipinski definition) is 2. The molecule has 0 bridgehead atoms. The Morgan fingerprint density at radius 3 is 2.56 bits per heavy atom. The zero-order valence-electron chi connectivity index (χ0n) is 18.6. The minimum atomic E-state index is -0.943. The Labute approximate surface area is 197 Å². The van der Waals surface area contributed by atoms with Gasteiger partial charge in [0.05, 0.1) is 18.0 Å². The Morgan fingerprint density at radius 1 is 1.12 bits per heavy atom. The van der Waals surface area contributed by atoms with Crippen LogP contribution in [0.5, 0.6) is 11.5 Å². The molecule has 1 amide bonds. The first-order chi connectivity index (χ1) is 16.5. The number of rotatable bonds is 5. The zero-order valence-corrected chi connectivity index (χ0v) is 18.6. The molecule has 3 heterocycles. The Hall–Kier alpha value is -3.80. The third-order valence-electron chi connectivity index (χ3n) is 6.49. The number of aromatic nitrogens is 1. The molecule has 0 aliphatic carbocycles. The number of carbonyl (C=O) groups excluding carboxylic acids is 1. The average Bonchev–Trinajstić information content (AvgIpc) is 3.33. The van der Waals surface area contributed by atoms with Crippen LogP contribution in [0.25, 0.3) is 5.69 Å². The number of nitrogens with zero attached hydrogens (tertiary/aromatic N) is 3. The normalized spacial score (nSPS) is 16.7. The van der Waals surface area contributed by atoms with Crippen LogP contribution in [0.2, 0.25) is 0 Å². The van der Waals surface area contributed by atoms with Gasteiger partial charge < -0.3 is 24.6 Å². The predicted octanol–water partition coefficient (Wildman–Crippen LogP) is 2.60. The summed E-state index contributed by atoms with van der Waals surface area (Å²) in [6.45, 7) is 0.658. The maximum atomic E-state index is 13.1. The summed E-state index contributed by atoms with van der Waals surface area (Å²) in [6, 6.07) is 20.5. The first-order valence-corrected chi connectivity index (χ1v) is 11.3. The molecular formula is C26H25N3O5. The highest BCUT2D eigenvalue weighted by Gasteiger charge is 2.45. The van der Waals surface area contributed by atoms with Gasteiger partial charge in [0.15, 0.2) is 5.60 Å². The predicted molar refractivity (Wildman–Crippen MR) is 123 cm³/mol. The second-order valence-electron chi connectivity index (χ2n) is 8.58. The minimum absolute atomic E-state index is 0.0175. The van der Waals surface area contributed by atoms with Gasteiger partial charge in [-0.3, -0.25) is 9.36 Å². The van der Waals surface area contributed by atoms with Crippen molar-refractivity contribution >= 4 is 5.91 Å². The average molecular weight is 460 g/mol. The summed E-state index contributed by atoms with van der Waals surface area (Å²) in [5, 5.41) is 27.9. The van der Waals surface area contributed by atoms with Gasteiger partial charge in [0, 0.05) is 31.5 Å². The molecule has 2 N–H and O–H groups in total. The standard InChI is InChI=1S/C26H25N3O5/c27-15-19-7-10-24-26(34-23-4-2-1-3-22(23)29(19)24)11-13-28(14-12-26)25(32)18-5-8-21(9-6-18)33-17-20(31)16-30/h1-10,20,30-31H,11-14,16-17H2. The molecule has 8 nitrogen and oxygen atoms in total. The molecule has 0 saturated carbocycles. The van der Waals surface area contributed by atoms with E-state index in [9.17, 15) is 15.2 Å². The van der Waals surface area contributed by atoms with Crippen molar-refractivity contribution in [1.82, 2.24) is 9.47 Å². The molecule has 174 valence electrons. The second kappa shape index (κ2) is 8.86. The van der Waals surface area contributed by atoms with E-state index in [0.29, 0.717) is 42.9 Å². The molecule has 2 aliphatic heterocycles. The van der Waals surface area contributed by atoms with Crippen LogP contribution in [-0.4, -0.2) is 58.0 Å². The number of carbonyl (C=O) groups is 1. The van der Waals surface area contributed by atoms with Crippen molar-refractivity contribution in [3.05, 3.63) is 77.6 Å². The lowest BCUT2D eigenvalue weighted by Crippen LogP contribution is -2.50. The summed E-state index contributed by atoms with van der Waals surface area (Å²) in [5.41, 5.74) is 2.33. The van der Waals surface area contributed by atoms with Crippen LogP contribution in [0.1, 0.15) is 34.6 Å². The topological polar surface area (TPSA) is 108 Å². The molecule has 1 atom stereocenters. The minimum Gasteiger partial charge on any atom is -0.491 e. The number of hydrogen-bond acceptors (Lipinski definition) is 6. The van der Waals surface area contributed by atoms with Gasteiger partial charge in [-0.1, -0.05) is 12.1 Å². The molecule has 1 unspecified atom stereocenters. The molecule has 2 aromatic carbocycles. The fourth-order valence-electron chi connectivity index (χ4n) is 4.68. The molecule has 1 saturated heterocycles. The van der Waals surface area contributed by atoms with Gasteiger partial charge in [-0.25, -0.2) is 0 Å². The summed E-state index contributed by atoms with van der Waals surface area (Å²) in [5.74, 6) is 1.19. The van der Waals surface area contributed by atoms with Crippen molar-refractivity contribution in [3.8, 4) is 23.3 Å². The lowest BCUT2D eigenvalue weighted by Gasteiger charge is -2.45. The van der Waals surface area contributed by atoms with Crippen LogP contribution >= 0.6 is 0 Å². The quantitative estimate of drug-likeness (QED) is 0.607. The zero-order chi connectivity index (χ0) is 23.7. The fourth-order valence-corrected chi connectivity index (χ4v) is 4.68. The maximum absolute atomic E-state index is 13.1. The number of amides is 1. The molecule has 1 spiro atoms. The Morgan fingerprint density at radius 2 is 1.85 bits per heavy atom. The largest absolute Gasteiger partial charge is 0.491 e. The van der Waals surface area contributed by atoms with Gasteiger partial charge in [-0.2, -0.15) is 5.26 Å². The highest BCUT2D eigenvalue weighted by molar-refractivity contribution is 5.94. The van der Waals surface area contributed by atoms with Crippen LogP contribution in [0.3, 0.4) is 0 Å². The van der Waals surface area contributed by atoms with Crippen molar-refractivity contribution in [2.45, 2.75) is 24.5 Å². The van der Waals surface area contributed by atoms with E-state index in [1.54, 1.807) is 24.3 Å². The van der Waals surface area contributed by atoms with Gasteiger partial charge in [0.2, 0.25) is 0 Å². The van der Waals surface area contributed by atoms with E-state index in [-0.39, 0.29) is 19.1 Å². The Balaban J connectivity index is 1.31. The number of para-hydroxylation sites is 2. The van der Waals surface area contributed by atoms with Crippen LogP contribution in [-0.2, 0) is 5.60 Å². The smallest absolute Gasteiger partial charge is 0.253 e. The van der Waals surface area contributed by atoms with Gasteiger partial charge in [-0.05, 0) is 48.5 Å². The van der Waals surface area contributed by atoms with Crippen molar-refractivity contribution in [1.29, 1.82) is 5.26 Å². The molecule has 1 aromatic heterocycles. The SMILES string of the molecule is N#Cc1ccc2n1-c1ccccc1OC21CCN(C(=O)c2ccc(OCC(O)CO)cc2)CC1. The van der Waals surface area contributed by atoms with Gasteiger partial charge in [-0.15, -0.1) is 0 Å². The van der Waals surface area contributed by atoms with Crippen LogP contribution in [0, 0.1) is 11.3 Å². The van der Waals surface area contributed by atoms with E-state index >= 15 is 0 Å². The summed E-state index contributed by atoms with van der Waals surface area (Å²) in [6.07, 6.45) is 0.283. The lowest BCUT2D eigenvalue weighted by molar-refractivity contribution is -0.00937. The van der Waals surface area contributed by atoms with Crippen molar-refractivity contribution < 1.29 is 24.5 Å². The van der Waals surface area contributed by atoms with E-state index < -0.39 is 11.7 Å². The van der Waals surface area contributed by atoms with Gasteiger partial charge in [0.25, 0.3) is 5.91 Å².